The molecule has 0 unspecified atom stereocenters. The second kappa shape index (κ2) is 6.29. The van der Waals surface area contributed by atoms with Crippen molar-refractivity contribution in [1.29, 1.82) is 0 Å². The lowest BCUT2D eigenvalue weighted by Crippen LogP contribution is -2.28. The predicted molar refractivity (Wildman–Crippen MR) is 89.5 cm³/mol. The van der Waals surface area contributed by atoms with Crippen LogP contribution in [-0.4, -0.2) is 27.8 Å². The third-order valence-electron chi connectivity index (χ3n) is 3.55. The van der Waals surface area contributed by atoms with Gasteiger partial charge < -0.3 is 5.11 Å². The Balaban J connectivity index is 1.87. The van der Waals surface area contributed by atoms with Crippen molar-refractivity contribution in [1.82, 2.24) is 0 Å². The monoisotopic (exact) mass is 358 g/mol. The third kappa shape index (κ3) is 3.17. The highest BCUT2D eigenvalue weighted by atomic mass is 32.1. The van der Waals surface area contributed by atoms with Gasteiger partial charge in [0.1, 0.15) is 0 Å². The van der Waals surface area contributed by atoms with Gasteiger partial charge in [0, 0.05) is 16.5 Å². The number of imide groups is 1. The summed E-state index contributed by atoms with van der Waals surface area (Å²) >= 11 is 0.911. The number of amides is 2. The van der Waals surface area contributed by atoms with Crippen LogP contribution in [0.1, 0.15) is 21.7 Å². The minimum atomic E-state index is -1.11. The van der Waals surface area contributed by atoms with E-state index in [-0.39, 0.29) is 28.2 Å². The summed E-state index contributed by atoms with van der Waals surface area (Å²) in [6.07, 6.45) is 1.34. The number of anilines is 1. The molecule has 2 aromatic rings. The number of hydrogen-bond donors (Lipinski definition) is 1. The lowest BCUT2D eigenvalue weighted by atomic mass is 10.2. The quantitative estimate of drug-likeness (QED) is 0.388. The molecule has 2 amide bonds. The third-order valence-corrected chi connectivity index (χ3v) is 4.53. The number of thiophene rings is 1. The van der Waals surface area contributed by atoms with E-state index in [1.54, 1.807) is 0 Å². The van der Waals surface area contributed by atoms with Gasteiger partial charge in [0.15, 0.2) is 0 Å². The molecule has 1 N–H and O–H groups in total. The van der Waals surface area contributed by atoms with Crippen LogP contribution in [0.25, 0.3) is 6.08 Å². The molecule has 2 heterocycles. The second-order valence-corrected chi connectivity index (χ2v) is 6.26. The number of aromatic carboxylic acids is 1. The summed E-state index contributed by atoms with van der Waals surface area (Å²) in [5.74, 6) is -2.07. The van der Waals surface area contributed by atoms with Gasteiger partial charge in [-0.25, -0.2) is 9.69 Å². The van der Waals surface area contributed by atoms with Crippen LogP contribution in [0.5, 0.6) is 0 Å². The van der Waals surface area contributed by atoms with Gasteiger partial charge in [-0.3, -0.25) is 19.7 Å². The summed E-state index contributed by atoms with van der Waals surface area (Å²) in [5.41, 5.74) is 0.550. The van der Waals surface area contributed by atoms with Gasteiger partial charge in [0.2, 0.25) is 5.91 Å². The molecule has 1 fully saturated rings. The van der Waals surface area contributed by atoms with Gasteiger partial charge in [-0.05, 0) is 36.4 Å². The SMILES string of the molecule is O=C(O)c1ccc(N2C(=O)C/C(=C\c3ccc([N+](=O)[O-])s3)C2=O)cc1. The molecule has 1 saturated heterocycles. The number of carboxylic acids is 1. The largest absolute Gasteiger partial charge is 0.478 e. The lowest BCUT2D eigenvalue weighted by Gasteiger charge is -2.13. The molecule has 1 aromatic heterocycles. The molecule has 8 nitrogen and oxygen atoms in total. The van der Waals surface area contributed by atoms with E-state index >= 15 is 0 Å². The van der Waals surface area contributed by atoms with Gasteiger partial charge >= 0.3 is 11.0 Å². The fraction of sp³-hybridized carbons (Fsp3) is 0.0625. The number of rotatable bonds is 4. The summed E-state index contributed by atoms with van der Waals surface area (Å²) in [6, 6.07) is 8.24. The second-order valence-electron chi connectivity index (χ2n) is 5.17. The van der Waals surface area contributed by atoms with Crippen molar-refractivity contribution in [2.24, 2.45) is 0 Å². The van der Waals surface area contributed by atoms with Gasteiger partial charge in [0.25, 0.3) is 5.91 Å². The zero-order chi connectivity index (χ0) is 18.1. The number of carbonyl (C=O) groups excluding carboxylic acids is 2. The number of carbonyl (C=O) groups is 3. The number of benzene rings is 1. The van der Waals surface area contributed by atoms with Gasteiger partial charge in [-0.1, -0.05) is 11.3 Å². The molecule has 9 heteroatoms. The van der Waals surface area contributed by atoms with Crippen molar-refractivity contribution in [2.75, 3.05) is 4.90 Å². The maximum atomic E-state index is 12.5. The Morgan fingerprint density at radius 2 is 1.88 bits per heavy atom. The van der Waals surface area contributed by atoms with Crippen LogP contribution in [0.3, 0.4) is 0 Å². The first kappa shape index (κ1) is 16.5. The number of nitrogens with zero attached hydrogens (tertiary/aromatic N) is 2. The molecule has 25 heavy (non-hydrogen) atoms. The highest BCUT2D eigenvalue weighted by Crippen LogP contribution is 2.31. The van der Waals surface area contributed by atoms with Crippen molar-refractivity contribution in [3.05, 3.63) is 62.5 Å². The Bertz CT molecular complexity index is 928. The van der Waals surface area contributed by atoms with Crippen LogP contribution in [0.4, 0.5) is 10.7 Å². The Morgan fingerprint density at radius 1 is 1.20 bits per heavy atom. The fourth-order valence-electron chi connectivity index (χ4n) is 2.39. The zero-order valence-electron chi connectivity index (χ0n) is 12.5. The van der Waals surface area contributed by atoms with E-state index < -0.39 is 22.7 Å². The smallest absolute Gasteiger partial charge is 0.335 e. The van der Waals surface area contributed by atoms with Crippen LogP contribution < -0.4 is 4.90 Å². The van der Waals surface area contributed by atoms with E-state index in [2.05, 4.69) is 0 Å². The molecule has 1 aliphatic rings. The topological polar surface area (TPSA) is 118 Å². The number of nitro groups is 1. The summed E-state index contributed by atoms with van der Waals surface area (Å²) in [4.78, 5) is 47.2. The summed E-state index contributed by atoms with van der Waals surface area (Å²) in [7, 11) is 0. The van der Waals surface area contributed by atoms with Crippen LogP contribution in [0, 0.1) is 10.1 Å². The molecule has 0 atom stereocenters. The highest BCUT2D eigenvalue weighted by Gasteiger charge is 2.35. The van der Waals surface area contributed by atoms with Gasteiger partial charge in [-0.15, -0.1) is 0 Å². The van der Waals surface area contributed by atoms with Crippen LogP contribution in [0.15, 0.2) is 42.0 Å². The molecule has 0 bridgehead atoms. The van der Waals surface area contributed by atoms with Gasteiger partial charge in [0.05, 0.1) is 22.6 Å². The normalized spacial score (nSPS) is 15.8. The number of carboxylic acid groups (broad SMARTS) is 1. The predicted octanol–water partition coefficient (Wildman–Crippen LogP) is 2.70. The number of hydrogen-bond acceptors (Lipinski definition) is 6. The van der Waals surface area contributed by atoms with E-state index in [1.807, 2.05) is 0 Å². The summed E-state index contributed by atoms with van der Waals surface area (Å²) < 4.78 is 0. The molecule has 126 valence electrons. The lowest BCUT2D eigenvalue weighted by molar-refractivity contribution is -0.380. The van der Waals surface area contributed by atoms with Crippen LogP contribution in [0.2, 0.25) is 0 Å². The standard InChI is InChI=1S/C16H10N2O6S/c19-13-8-10(7-12-5-6-14(25-12)18(23)24)15(20)17(13)11-3-1-9(2-4-11)16(21)22/h1-7H,8H2,(H,21,22)/b10-7+. The van der Waals surface area contributed by atoms with Crippen molar-refractivity contribution < 1.29 is 24.4 Å². The molecule has 1 aliphatic heterocycles. The molecular weight excluding hydrogens is 348 g/mol. The molecule has 0 spiro atoms. The van der Waals surface area contributed by atoms with Crippen molar-refractivity contribution in [3.8, 4) is 0 Å². The van der Waals surface area contributed by atoms with Crippen molar-refractivity contribution in [3.63, 3.8) is 0 Å². The fourth-order valence-corrected chi connectivity index (χ4v) is 3.18. The molecule has 0 radical (unpaired) electrons. The molecular formula is C16H10N2O6S. The summed E-state index contributed by atoms with van der Waals surface area (Å²) in [6.45, 7) is 0. The van der Waals surface area contributed by atoms with Gasteiger partial charge in [-0.2, -0.15) is 0 Å². The molecule has 3 rings (SSSR count). The first-order chi connectivity index (χ1) is 11.9. The van der Waals surface area contributed by atoms with Crippen LogP contribution >= 0.6 is 11.3 Å². The Morgan fingerprint density at radius 3 is 2.44 bits per heavy atom. The zero-order valence-corrected chi connectivity index (χ0v) is 13.4. The molecule has 0 aliphatic carbocycles. The van der Waals surface area contributed by atoms with E-state index in [9.17, 15) is 24.5 Å². The average Bonchev–Trinajstić information content (AvgIpc) is 3.13. The average molecular weight is 358 g/mol. The Kier molecular flexibility index (Phi) is 4.15. The highest BCUT2D eigenvalue weighted by molar-refractivity contribution is 7.16. The van der Waals surface area contributed by atoms with E-state index in [0.717, 1.165) is 16.2 Å². The van der Waals surface area contributed by atoms with E-state index in [1.165, 1.54) is 42.5 Å². The van der Waals surface area contributed by atoms with Crippen LogP contribution in [-0.2, 0) is 9.59 Å². The Labute approximate surface area is 144 Å². The Hall–Kier alpha value is -3.33. The van der Waals surface area contributed by atoms with Crippen molar-refractivity contribution in [2.45, 2.75) is 6.42 Å². The van der Waals surface area contributed by atoms with Crippen molar-refractivity contribution >= 4 is 45.9 Å². The van der Waals surface area contributed by atoms with E-state index in [0.29, 0.717) is 4.88 Å². The molecule has 0 saturated carbocycles. The maximum Gasteiger partial charge on any atom is 0.335 e. The first-order valence-corrected chi connectivity index (χ1v) is 7.84. The maximum absolute atomic E-state index is 12.5. The minimum Gasteiger partial charge on any atom is -0.478 e. The molecule has 1 aromatic carbocycles. The van der Waals surface area contributed by atoms with E-state index in [4.69, 9.17) is 5.11 Å². The minimum absolute atomic E-state index is 0.0458. The first-order valence-electron chi connectivity index (χ1n) is 7.02. The summed E-state index contributed by atoms with van der Waals surface area (Å²) in [5, 5.41) is 19.5.